The molecule has 0 aromatic heterocycles. The minimum Gasteiger partial charge on any atom is -0.396 e. The zero-order chi connectivity index (χ0) is 11.7. The van der Waals surface area contributed by atoms with E-state index in [4.69, 9.17) is 5.11 Å². The van der Waals surface area contributed by atoms with Gasteiger partial charge in [-0.1, -0.05) is 0 Å². The molecule has 1 amide bonds. The molecule has 0 bridgehead atoms. The number of unbranched alkanes of at least 4 members (excludes halogenated alkanes) is 2. The minimum atomic E-state index is 0.132. The Bertz CT molecular complexity index is 172. The summed E-state index contributed by atoms with van der Waals surface area (Å²) in [6, 6.07) is 0.258. The van der Waals surface area contributed by atoms with Crippen LogP contribution in [-0.4, -0.2) is 48.7 Å². The van der Waals surface area contributed by atoms with Crippen LogP contribution in [0.3, 0.4) is 0 Å². The van der Waals surface area contributed by atoms with Crippen LogP contribution in [-0.2, 0) is 4.79 Å². The van der Waals surface area contributed by atoms with Gasteiger partial charge in [-0.15, -0.1) is 0 Å². The Kier molecular flexibility index (Phi) is 8.33. The van der Waals surface area contributed by atoms with Gasteiger partial charge in [-0.25, -0.2) is 0 Å². The number of hydrogen-bond donors (Lipinski definition) is 2. The molecule has 0 heterocycles. The molecule has 2 N–H and O–H groups in total. The van der Waals surface area contributed by atoms with E-state index in [1.54, 1.807) is 4.90 Å². The lowest BCUT2D eigenvalue weighted by Gasteiger charge is -2.21. The van der Waals surface area contributed by atoms with Crippen LogP contribution < -0.4 is 5.32 Å². The number of nitrogens with zero attached hydrogens (tertiary/aromatic N) is 1. The van der Waals surface area contributed by atoms with Gasteiger partial charge in [0.25, 0.3) is 0 Å². The topological polar surface area (TPSA) is 52.6 Å². The van der Waals surface area contributed by atoms with Gasteiger partial charge >= 0.3 is 0 Å². The first kappa shape index (κ1) is 14.4. The van der Waals surface area contributed by atoms with Gasteiger partial charge in [-0.05, 0) is 39.7 Å². The number of likely N-dealkylation sites (N-methyl/N-ethyl adjacent to an activating group) is 1. The van der Waals surface area contributed by atoms with Crippen molar-refractivity contribution in [2.75, 3.05) is 26.7 Å². The maximum Gasteiger partial charge on any atom is 0.236 e. The molecule has 0 saturated carbocycles. The fourth-order valence-corrected chi connectivity index (χ4v) is 1.15. The van der Waals surface area contributed by atoms with Crippen LogP contribution in [0.15, 0.2) is 0 Å². The molecular weight excluding hydrogens is 192 g/mol. The molecule has 0 aromatic carbocycles. The van der Waals surface area contributed by atoms with E-state index in [0.717, 1.165) is 25.8 Å². The molecule has 0 saturated heterocycles. The Balaban J connectivity index is 3.39. The third-order valence-corrected chi connectivity index (χ3v) is 2.46. The smallest absolute Gasteiger partial charge is 0.236 e. The van der Waals surface area contributed by atoms with Gasteiger partial charge in [0.05, 0.1) is 6.54 Å². The van der Waals surface area contributed by atoms with Gasteiger partial charge in [-0.2, -0.15) is 0 Å². The predicted octanol–water partition coefficient (Wildman–Crippen LogP) is 0.605. The summed E-state index contributed by atoms with van der Waals surface area (Å²) in [4.78, 5) is 13.2. The van der Waals surface area contributed by atoms with Crippen molar-refractivity contribution in [1.82, 2.24) is 10.2 Å². The van der Waals surface area contributed by atoms with E-state index in [1.165, 1.54) is 0 Å². The lowest BCUT2D eigenvalue weighted by molar-refractivity contribution is -0.130. The molecule has 4 heteroatoms. The second-order valence-corrected chi connectivity index (χ2v) is 4.06. The molecule has 90 valence electrons. The molecule has 0 unspecified atom stereocenters. The Morgan fingerprint density at radius 1 is 1.33 bits per heavy atom. The van der Waals surface area contributed by atoms with E-state index in [2.05, 4.69) is 5.32 Å². The molecule has 0 spiro atoms. The molecule has 0 aliphatic heterocycles. The average molecular weight is 216 g/mol. The van der Waals surface area contributed by atoms with Gasteiger partial charge in [-0.3, -0.25) is 4.79 Å². The molecular formula is C11H24N2O2. The summed E-state index contributed by atoms with van der Waals surface area (Å²) in [7, 11) is 1.82. The monoisotopic (exact) mass is 216 g/mol. The van der Waals surface area contributed by atoms with Crippen molar-refractivity contribution in [3.63, 3.8) is 0 Å². The van der Waals surface area contributed by atoms with Crippen molar-refractivity contribution >= 4 is 5.91 Å². The van der Waals surface area contributed by atoms with Crippen molar-refractivity contribution in [3.05, 3.63) is 0 Å². The normalized spacial score (nSPS) is 10.7. The highest BCUT2D eigenvalue weighted by molar-refractivity contribution is 5.78. The van der Waals surface area contributed by atoms with Crippen molar-refractivity contribution in [2.24, 2.45) is 0 Å². The number of carbonyl (C=O) groups is 1. The number of carbonyl (C=O) groups excluding carboxylic acids is 1. The SMILES string of the molecule is CC(C)N(C)C(=O)CNCCCCCO. The maximum atomic E-state index is 11.5. The van der Waals surface area contributed by atoms with Gasteiger partial charge in [0.1, 0.15) is 0 Å². The summed E-state index contributed by atoms with van der Waals surface area (Å²) < 4.78 is 0. The predicted molar refractivity (Wildman–Crippen MR) is 61.7 cm³/mol. The third kappa shape index (κ3) is 7.33. The molecule has 0 aliphatic carbocycles. The maximum absolute atomic E-state index is 11.5. The molecule has 0 fully saturated rings. The largest absolute Gasteiger partial charge is 0.396 e. The molecule has 0 aliphatic rings. The average Bonchev–Trinajstić information content (AvgIpc) is 2.21. The van der Waals surface area contributed by atoms with Crippen LogP contribution in [0.1, 0.15) is 33.1 Å². The summed E-state index contributed by atoms with van der Waals surface area (Å²) in [6.45, 7) is 5.51. The summed E-state index contributed by atoms with van der Waals surface area (Å²) in [5.41, 5.74) is 0. The van der Waals surface area contributed by atoms with Crippen LogP contribution in [0.4, 0.5) is 0 Å². The summed E-state index contributed by atoms with van der Waals surface area (Å²) in [6.07, 6.45) is 2.87. The first-order valence-electron chi connectivity index (χ1n) is 5.66. The van der Waals surface area contributed by atoms with Crippen molar-refractivity contribution in [2.45, 2.75) is 39.2 Å². The van der Waals surface area contributed by atoms with E-state index < -0.39 is 0 Å². The summed E-state index contributed by atoms with van der Waals surface area (Å²) in [5.74, 6) is 0.132. The number of rotatable bonds is 8. The molecule has 0 aromatic rings. The Morgan fingerprint density at radius 3 is 2.53 bits per heavy atom. The van der Waals surface area contributed by atoms with Gasteiger partial charge in [0.15, 0.2) is 0 Å². The van der Waals surface area contributed by atoms with E-state index in [0.29, 0.717) is 6.54 Å². The lowest BCUT2D eigenvalue weighted by Crippen LogP contribution is -2.39. The first-order chi connectivity index (χ1) is 7.09. The number of hydrogen-bond acceptors (Lipinski definition) is 3. The van der Waals surface area contributed by atoms with E-state index >= 15 is 0 Å². The number of aliphatic hydroxyl groups excluding tert-OH is 1. The highest BCUT2D eigenvalue weighted by Gasteiger charge is 2.10. The highest BCUT2D eigenvalue weighted by atomic mass is 16.2. The molecule has 0 atom stereocenters. The van der Waals surface area contributed by atoms with Crippen molar-refractivity contribution in [1.29, 1.82) is 0 Å². The van der Waals surface area contributed by atoms with Crippen molar-refractivity contribution < 1.29 is 9.90 Å². The van der Waals surface area contributed by atoms with Crippen LogP contribution in [0, 0.1) is 0 Å². The molecule has 0 rings (SSSR count). The lowest BCUT2D eigenvalue weighted by atomic mass is 10.2. The fraction of sp³-hybridized carbons (Fsp3) is 0.909. The minimum absolute atomic E-state index is 0.132. The van der Waals surface area contributed by atoms with Crippen molar-refractivity contribution in [3.8, 4) is 0 Å². The standard InChI is InChI=1S/C11H24N2O2/c1-10(2)13(3)11(15)9-12-7-5-4-6-8-14/h10,12,14H,4-9H2,1-3H3. The fourth-order valence-electron chi connectivity index (χ4n) is 1.15. The highest BCUT2D eigenvalue weighted by Crippen LogP contribution is 1.94. The van der Waals surface area contributed by atoms with Crippen LogP contribution in [0.2, 0.25) is 0 Å². The second-order valence-electron chi connectivity index (χ2n) is 4.06. The quantitative estimate of drug-likeness (QED) is 0.584. The summed E-state index contributed by atoms with van der Waals surface area (Å²) >= 11 is 0. The number of amides is 1. The first-order valence-corrected chi connectivity index (χ1v) is 5.66. The van der Waals surface area contributed by atoms with Gasteiger partial charge in [0.2, 0.25) is 5.91 Å². The molecule has 4 nitrogen and oxygen atoms in total. The number of nitrogens with one attached hydrogen (secondary N) is 1. The molecule has 15 heavy (non-hydrogen) atoms. The summed E-state index contributed by atoms with van der Waals surface area (Å²) in [5, 5.41) is 11.7. The van der Waals surface area contributed by atoms with E-state index in [1.807, 2.05) is 20.9 Å². The zero-order valence-electron chi connectivity index (χ0n) is 10.1. The van der Waals surface area contributed by atoms with Gasteiger partial charge in [0, 0.05) is 19.7 Å². The van der Waals surface area contributed by atoms with Gasteiger partial charge < -0.3 is 15.3 Å². The Morgan fingerprint density at radius 2 is 2.00 bits per heavy atom. The third-order valence-electron chi connectivity index (χ3n) is 2.46. The van der Waals surface area contributed by atoms with E-state index in [9.17, 15) is 4.79 Å². The van der Waals surface area contributed by atoms with Crippen LogP contribution in [0.25, 0.3) is 0 Å². The molecule has 0 radical (unpaired) electrons. The number of aliphatic hydroxyl groups is 1. The zero-order valence-corrected chi connectivity index (χ0v) is 10.1. The van der Waals surface area contributed by atoms with E-state index in [-0.39, 0.29) is 18.6 Å². The van der Waals surface area contributed by atoms with Crippen LogP contribution in [0.5, 0.6) is 0 Å². The Labute approximate surface area is 92.7 Å². The van der Waals surface area contributed by atoms with Crippen LogP contribution >= 0.6 is 0 Å². The Hall–Kier alpha value is -0.610. The second kappa shape index (κ2) is 8.68.